The lowest BCUT2D eigenvalue weighted by molar-refractivity contribution is 0.0698. The molecular weight excluding hydrogens is 306 g/mol. The number of carbonyl (C=O) groups is 1. The standard InChI is InChI=1S/C16H10ClNO2S/c17-12-6-2-4-8-14(12)21-15-9-11(16(19)20)10-5-1-3-7-13(10)18-15/h1-9H,(H,19,20). The predicted molar refractivity (Wildman–Crippen MR) is 84.3 cm³/mol. The van der Waals surface area contributed by atoms with Crippen LogP contribution in [0.4, 0.5) is 0 Å². The Morgan fingerprint density at radius 1 is 1.10 bits per heavy atom. The molecule has 0 bridgehead atoms. The van der Waals surface area contributed by atoms with Gasteiger partial charge >= 0.3 is 5.97 Å². The van der Waals surface area contributed by atoms with E-state index in [2.05, 4.69) is 4.98 Å². The van der Waals surface area contributed by atoms with Crippen molar-refractivity contribution in [2.45, 2.75) is 9.92 Å². The van der Waals surface area contributed by atoms with Gasteiger partial charge in [-0.2, -0.15) is 0 Å². The van der Waals surface area contributed by atoms with E-state index in [1.807, 2.05) is 24.3 Å². The number of pyridine rings is 1. The monoisotopic (exact) mass is 315 g/mol. The van der Waals surface area contributed by atoms with E-state index in [1.165, 1.54) is 11.8 Å². The molecule has 0 saturated heterocycles. The van der Waals surface area contributed by atoms with Gasteiger partial charge in [-0.1, -0.05) is 53.7 Å². The van der Waals surface area contributed by atoms with E-state index in [4.69, 9.17) is 11.6 Å². The fourth-order valence-corrected chi connectivity index (χ4v) is 3.13. The number of benzene rings is 2. The number of carboxylic acid groups (broad SMARTS) is 1. The number of aromatic nitrogens is 1. The van der Waals surface area contributed by atoms with Crippen molar-refractivity contribution < 1.29 is 9.90 Å². The zero-order chi connectivity index (χ0) is 14.8. The van der Waals surface area contributed by atoms with Gasteiger partial charge in [-0.25, -0.2) is 9.78 Å². The van der Waals surface area contributed by atoms with Crippen LogP contribution in [0.1, 0.15) is 10.4 Å². The maximum absolute atomic E-state index is 11.4. The second-order valence-corrected chi connectivity index (χ2v) is 5.83. The highest BCUT2D eigenvalue weighted by Crippen LogP contribution is 2.33. The Balaban J connectivity index is 2.11. The zero-order valence-electron chi connectivity index (χ0n) is 10.8. The highest BCUT2D eigenvalue weighted by atomic mass is 35.5. The lowest BCUT2D eigenvalue weighted by Crippen LogP contribution is -1.99. The third-order valence-electron chi connectivity index (χ3n) is 2.97. The van der Waals surface area contributed by atoms with Crippen molar-refractivity contribution in [1.82, 2.24) is 4.98 Å². The molecule has 0 saturated carbocycles. The Bertz CT molecular complexity index is 835. The van der Waals surface area contributed by atoms with Crippen molar-refractivity contribution in [2.75, 3.05) is 0 Å². The van der Waals surface area contributed by atoms with Crippen LogP contribution in [0.25, 0.3) is 10.9 Å². The van der Waals surface area contributed by atoms with Crippen molar-refractivity contribution in [3.63, 3.8) is 0 Å². The second-order valence-electron chi connectivity index (χ2n) is 4.36. The molecule has 0 aliphatic rings. The number of nitrogens with zero attached hydrogens (tertiary/aromatic N) is 1. The first-order chi connectivity index (χ1) is 10.1. The van der Waals surface area contributed by atoms with Crippen LogP contribution in [0.2, 0.25) is 5.02 Å². The number of aromatic carboxylic acids is 1. The smallest absolute Gasteiger partial charge is 0.336 e. The van der Waals surface area contributed by atoms with Gasteiger partial charge in [0.15, 0.2) is 0 Å². The summed E-state index contributed by atoms with van der Waals surface area (Å²) in [5.74, 6) is -0.963. The molecule has 1 N–H and O–H groups in total. The van der Waals surface area contributed by atoms with Crippen LogP contribution in [0.15, 0.2) is 64.5 Å². The number of fused-ring (bicyclic) bond motifs is 1. The topological polar surface area (TPSA) is 50.2 Å². The summed E-state index contributed by atoms with van der Waals surface area (Å²) in [6, 6.07) is 16.2. The van der Waals surface area contributed by atoms with E-state index in [0.717, 1.165) is 4.90 Å². The number of hydrogen-bond donors (Lipinski definition) is 1. The molecule has 21 heavy (non-hydrogen) atoms. The minimum absolute atomic E-state index is 0.246. The average Bonchev–Trinajstić information content (AvgIpc) is 2.48. The van der Waals surface area contributed by atoms with Gasteiger partial charge in [0, 0.05) is 10.3 Å². The van der Waals surface area contributed by atoms with E-state index >= 15 is 0 Å². The lowest BCUT2D eigenvalue weighted by atomic mass is 10.1. The summed E-state index contributed by atoms with van der Waals surface area (Å²) in [7, 11) is 0. The summed E-state index contributed by atoms with van der Waals surface area (Å²) in [5, 5.41) is 11.2. The third kappa shape index (κ3) is 2.86. The number of para-hydroxylation sites is 1. The predicted octanol–water partition coefficient (Wildman–Crippen LogP) is 4.74. The molecule has 3 aromatic rings. The fourth-order valence-electron chi connectivity index (χ4n) is 2.02. The van der Waals surface area contributed by atoms with E-state index in [0.29, 0.717) is 21.0 Å². The number of hydrogen-bond acceptors (Lipinski definition) is 3. The van der Waals surface area contributed by atoms with Crippen LogP contribution in [-0.2, 0) is 0 Å². The van der Waals surface area contributed by atoms with Gasteiger partial charge in [-0.15, -0.1) is 0 Å². The Labute approximate surface area is 130 Å². The molecule has 0 amide bonds. The molecular formula is C16H10ClNO2S. The highest BCUT2D eigenvalue weighted by molar-refractivity contribution is 7.99. The molecule has 0 aliphatic carbocycles. The summed E-state index contributed by atoms with van der Waals surface area (Å²) in [4.78, 5) is 16.8. The first-order valence-corrected chi connectivity index (χ1v) is 7.40. The minimum atomic E-state index is -0.963. The average molecular weight is 316 g/mol. The largest absolute Gasteiger partial charge is 0.478 e. The summed E-state index contributed by atoms with van der Waals surface area (Å²) in [6.45, 7) is 0. The van der Waals surface area contributed by atoms with Crippen LogP contribution in [0.3, 0.4) is 0 Å². The molecule has 1 aromatic heterocycles. The lowest BCUT2D eigenvalue weighted by Gasteiger charge is -2.07. The molecule has 3 rings (SSSR count). The van der Waals surface area contributed by atoms with Crippen molar-refractivity contribution in [3.05, 3.63) is 65.2 Å². The van der Waals surface area contributed by atoms with E-state index in [-0.39, 0.29) is 5.56 Å². The quantitative estimate of drug-likeness (QED) is 0.758. The van der Waals surface area contributed by atoms with Crippen LogP contribution in [0.5, 0.6) is 0 Å². The minimum Gasteiger partial charge on any atom is -0.478 e. The number of carboxylic acids is 1. The zero-order valence-corrected chi connectivity index (χ0v) is 12.4. The molecule has 1 heterocycles. The molecule has 3 nitrogen and oxygen atoms in total. The maximum atomic E-state index is 11.4. The van der Waals surface area contributed by atoms with Crippen LogP contribution in [0, 0.1) is 0 Å². The van der Waals surface area contributed by atoms with Gasteiger partial charge in [-0.05, 0) is 24.3 Å². The van der Waals surface area contributed by atoms with Crippen LogP contribution < -0.4 is 0 Å². The van der Waals surface area contributed by atoms with Crippen molar-refractivity contribution in [2.24, 2.45) is 0 Å². The van der Waals surface area contributed by atoms with Crippen molar-refractivity contribution >= 4 is 40.2 Å². The molecule has 0 radical (unpaired) electrons. The first-order valence-electron chi connectivity index (χ1n) is 6.20. The van der Waals surface area contributed by atoms with Crippen molar-refractivity contribution in [1.29, 1.82) is 0 Å². The number of rotatable bonds is 3. The van der Waals surface area contributed by atoms with Gasteiger partial charge in [0.1, 0.15) is 5.03 Å². The van der Waals surface area contributed by atoms with Crippen LogP contribution in [-0.4, -0.2) is 16.1 Å². The van der Waals surface area contributed by atoms with E-state index < -0.39 is 5.97 Å². The van der Waals surface area contributed by atoms with Gasteiger partial charge in [-0.3, -0.25) is 0 Å². The molecule has 0 aliphatic heterocycles. The molecule has 0 unspecified atom stereocenters. The highest BCUT2D eigenvalue weighted by Gasteiger charge is 2.13. The molecule has 5 heteroatoms. The molecule has 104 valence electrons. The second kappa shape index (κ2) is 5.76. The SMILES string of the molecule is O=C(O)c1cc(Sc2ccccc2Cl)nc2ccccc12. The molecule has 0 atom stereocenters. The van der Waals surface area contributed by atoms with Crippen molar-refractivity contribution in [3.8, 4) is 0 Å². The Hall–Kier alpha value is -2.04. The first kappa shape index (κ1) is 13.9. The number of halogens is 1. The Morgan fingerprint density at radius 2 is 1.81 bits per heavy atom. The molecule has 0 spiro atoms. The summed E-state index contributed by atoms with van der Waals surface area (Å²) >= 11 is 7.48. The van der Waals surface area contributed by atoms with Gasteiger partial charge in [0.05, 0.1) is 16.1 Å². The Morgan fingerprint density at radius 3 is 2.57 bits per heavy atom. The maximum Gasteiger partial charge on any atom is 0.336 e. The summed E-state index contributed by atoms with van der Waals surface area (Å²) in [5.41, 5.74) is 0.905. The van der Waals surface area contributed by atoms with E-state index in [1.54, 1.807) is 30.3 Å². The van der Waals surface area contributed by atoms with Crippen LogP contribution >= 0.6 is 23.4 Å². The van der Waals surface area contributed by atoms with Gasteiger partial charge < -0.3 is 5.11 Å². The molecule has 2 aromatic carbocycles. The third-order valence-corrected chi connectivity index (χ3v) is 4.41. The summed E-state index contributed by atoms with van der Waals surface area (Å²) in [6.07, 6.45) is 0. The Kier molecular flexibility index (Phi) is 3.82. The van der Waals surface area contributed by atoms with E-state index in [9.17, 15) is 9.90 Å². The van der Waals surface area contributed by atoms with Gasteiger partial charge in [0.2, 0.25) is 0 Å². The fraction of sp³-hybridized carbons (Fsp3) is 0. The summed E-state index contributed by atoms with van der Waals surface area (Å²) < 4.78 is 0. The normalized spacial score (nSPS) is 10.7. The van der Waals surface area contributed by atoms with Gasteiger partial charge in [0.25, 0.3) is 0 Å². The molecule has 0 fully saturated rings.